The number of benzene rings is 2. The van der Waals surface area contributed by atoms with E-state index in [1.165, 1.54) is 0 Å². The number of methoxy groups -OCH3 is 2. The van der Waals surface area contributed by atoms with Crippen molar-refractivity contribution >= 4 is 25.5 Å². The fourth-order valence-corrected chi connectivity index (χ4v) is 2.40. The highest BCUT2D eigenvalue weighted by molar-refractivity contribution is 6.83. The largest absolute Gasteiger partial charge is 0.497 e. The van der Waals surface area contributed by atoms with E-state index in [1.54, 1.807) is 14.2 Å². The fourth-order valence-electron chi connectivity index (χ4n) is 1.89. The van der Waals surface area contributed by atoms with E-state index in [4.69, 9.17) is 9.47 Å². The summed E-state index contributed by atoms with van der Waals surface area (Å²) in [6.45, 7) is 6.61. The van der Waals surface area contributed by atoms with Gasteiger partial charge in [0.1, 0.15) is 25.6 Å². The second-order valence-electron chi connectivity index (χ2n) is 6.40. The molecule has 2 rings (SSSR count). The molecule has 2 aromatic rings. The molecule has 0 fully saturated rings. The summed E-state index contributed by atoms with van der Waals surface area (Å²) >= 11 is 0. The molecule has 5 heteroatoms. The van der Waals surface area contributed by atoms with Crippen LogP contribution >= 0.6 is 0 Å². The van der Waals surface area contributed by atoms with Crippen molar-refractivity contribution in [3.63, 3.8) is 0 Å². The van der Waals surface area contributed by atoms with E-state index < -0.39 is 8.07 Å². The van der Waals surface area contributed by atoms with E-state index in [9.17, 15) is 0 Å². The van der Waals surface area contributed by atoms with Gasteiger partial charge in [0, 0.05) is 0 Å². The van der Waals surface area contributed by atoms with Crippen molar-refractivity contribution in [3.05, 3.63) is 48.0 Å². The van der Waals surface area contributed by atoms with Gasteiger partial charge < -0.3 is 9.47 Å². The van der Waals surface area contributed by atoms with Crippen LogP contribution in [-0.2, 0) is 0 Å². The summed E-state index contributed by atoms with van der Waals surface area (Å²) < 4.78 is 10.4. The highest BCUT2D eigenvalue weighted by atomic mass is 28.3. The van der Waals surface area contributed by atoms with E-state index in [-0.39, 0.29) is 0 Å². The molecule has 2 aromatic carbocycles. The van der Waals surface area contributed by atoms with Crippen LogP contribution in [0.1, 0.15) is 5.56 Å². The Kier molecular flexibility index (Phi) is 6.18. The Bertz CT molecular complexity index is 850. The predicted octanol–water partition coefficient (Wildman–Crippen LogP) is 5.07. The summed E-state index contributed by atoms with van der Waals surface area (Å²) in [5, 5.41) is 0. The van der Waals surface area contributed by atoms with Gasteiger partial charge in [0.05, 0.1) is 31.2 Å². The van der Waals surface area contributed by atoms with Crippen molar-refractivity contribution in [2.45, 2.75) is 19.6 Å². The molecule has 0 aromatic heterocycles. The standard InChI is InChI=1S/C20H22N2O2Si/c1-23-18-8-6-17(7-9-18)21-15-22-20-11-10-19(24-2)14-16(20)12-13-25(3,4)5/h6-11,14H,1-5H3. The lowest BCUT2D eigenvalue weighted by atomic mass is 10.2. The highest BCUT2D eigenvalue weighted by Gasteiger charge is 2.08. The van der Waals surface area contributed by atoms with Crippen molar-refractivity contribution in [2.75, 3.05) is 14.2 Å². The third-order valence-electron chi connectivity index (χ3n) is 3.20. The minimum absolute atomic E-state index is 0.726. The Labute approximate surface area is 150 Å². The van der Waals surface area contributed by atoms with Gasteiger partial charge >= 0.3 is 0 Å². The Morgan fingerprint density at radius 3 is 2.08 bits per heavy atom. The first kappa shape index (κ1) is 18.5. The Morgan fingerprint density at radius 2 is 1.48 bits per heavy atom. The van der Waals surface area contributed by atoms with Gasteiger partial charge in [-0.3, -0.25) is 0 Å². The van der Waals surface area contributed by atoms with Gasteiger partial charge in [0.2, 0.25) is 0 Å². The second kappa shape index (κ2) is 8.34. The van der Waals surface area contributed by atoms with E-state index in [0.717, 1.165) is 28.4 Å². The van der Waals surface area contributed by atoms with E-state index in [2.05, 4.69) is 47.1 Å². The fraction of sp³-hybridized carbons (Fsp3) is 0.250. The molecule has 0 aliphatic carbocycles. The molecule has 0 aliphatic heterocycles. The molecule has 128 valence electrons. The van der Waals surface area contributed by atoms with Crippen LogP contribution in [0.25, 0.3) is 0 Å². The van der Waals surface area contributed by atoms with Gasteiger partial charge in [0.15, 0.2) is 0 Å². The molecule has 25 heavy (non-hydrogen) atoms. The zero-order valence-electron chi connectivity index (χ0n) is 15.3. The quantitative estimate of drug-likeness (QED) is 0.439. The predicted molar refractivity (Wildman–Crippen MR) is 105 cm³/mol. The molecule has 0 radical (unpaired) electrons. The van der Waals surface area contributed by atoms with Crippen LogP contribution in [0.3, 0.4) is 0 Å². The topological polar surface area (TPSA) is 43.2 Å². The zero-order valence-corrected chi connectivity index (χ0v) is 16.3. The number of hydrogen-bond acceptors (Lipinski definition) is 4. The summed E-state index contributed by atoms with van der Waals surface area (Å²) in [6, 6.07) is 15.7. The summed E-state index contributed by atoms with van der Waals surface area (Å²) in [7, 11) is 1.79. The van der Waals surface area contributed by atoms with Crippen LogP contribution in [0.2, 0.25) is 19.6 Å². The van der Waals surface area contributed by atoms with Gasteiger partial charge in [-0.25, -0.2) is 0 Å². The van der Waals surface area contributed by atoms with Gasteiger partial charge in [-0.15, -0.1) is 5.54 Å². The molecule has 0 saturated heterocycles. The van der Waals surface area contributed by atoms with Crippen LogP contribution in [0, 0.1) is 11.5 Å². The van der Waals surface area contributed by atoms with Crippen molar-refractivity contribution in [3.8, 4) is 23.0 Å². The monoisotopic (exact) mass is 350 g/mol. The van der Waals surface area contributed by atoms with E-state index >= 15 is 0 Å². The summed E-state index contributed by atoms with van der Waals surface area (Å²) in [5.74, 6) is 4.77. The lowest BCUT2D eigenvalue weighted by molar-refractivity contribution is 0.414. The average Bonchev–Trinajstić information content (AvgIpc) is 2.60. The van der Waals surface area contributed by atoms with Crippen LogP contribution in [0.15, 0.2) is 52.4 Å². The summed E-state index contributed by atoms with van der Waals surface area (Å²) in [5.41, 5.74) is 5.65. The molecule has 0 amide bonds. The van der Waals surface area contributed by atoms with Gasteiger partial charge in [-0.05, 0) is 42.5 Å². The van der Waals surface area contributed by atoms with Crippen molar-refractivity contribution in [1.82, 2.24) is 0 Å². The first-order valence-corrected chi connectivity index (χ1v) is 11.4. The molecule has 4 nitrogen and oxygen atoms in total. The minimum atomic E-state index is -1.48. The third-order valence-corrected chi connectivity index (χ3v) is 4.07. The summed E-state index contributed by atoms with van der Waals surface area (Å²) in [4.78, 5) is 8.56. The normalized spacial score (nSPS) is 10.1. The van der Waals surface area contributed by atoms with Crippen molar-refractivity contribution < 1.29 is 9.47 Å². The Morgan fingerprint density at radius 1 is 0.840 bits per heavy atom. The zero-order chi connectivity index (χ0) is 18.3. The van der Waals surface area contributed by atoms with Crippen LogP contribution in [-0.4, -0.2) is 28.3 Å². The number of nitrogens with zero attached hydrogens (tertiary/aromatic N) is 2. The highest BCUT2D eigenvalue weighted by Crippen LogP contribution is 2.24. The van der Waals surface area contributed by atoms with Crippen molar-refractivity contribution in [2.24, 2.45) is 9.98 Å². The number of ether oxygens (including phenoxy) is 2. The molecule has 0 bridgehead atoms. The second-order valence-corrected chi connectivity index (χ2v) is 11.2. The lowest BCUT2D eigenvalue weighted by Crippen LogP contribution is -2.16. The summed E-state index contributed by atoms with van der Waals surface area (Å²) in [6.07, 6.45) is 0. The van der Waals surface area contributed by atoms with Crippen molar-refractivity contribution in [1.29, 1.82) is 0 Å². The van der Waals surface area contributed by atoms with E-state index in [1.807, 2.05) is 42.5 Å². The first-order chi connectivity index (χ1) is 11.9. The molecule has 0 spiro atoms. The minimum Gasteiger partial charge on any atom is -0.497 e. The Balaban J connectivity index is 2.33. The third kappa shape index (κ3) is 5.96. The van der Waals surface area contributed by atoms with E-state index in [0.29, 0.717) is 0 Å². The van der Waals surface area contributed by atoms with Crippen LogP contribution in [0.4, 0.5) is 11.4 Å². The molecule has 0 heterocycles. The average molecular weight is 350 g/mol. The molecule has 0 aliphatic rings. The molecule has 0 N–H and O–H groups in total. The molecule has 0 unspecified atom stereocenters. The molecule has 0 atom stereocenters. The SMILES string of the molecule is COc1ccc(N=C=Nc2ccc(OC)cc2C#C[Si](C)(C)C)cc1. The molecular weight excluding hydrogens is 328 g/mol. The van der Waals surface area contributed by atoms with Gasteiger partial charge in [0.25, 0.3) is 0 Å². The number of hydrogen-bond donors (Lipinski definition) is 0. The number of rotatable bonds is 4. The Hall–Kier alpha value is -2.80. The molecular formula is C20H22N2O2Si. The first-order valence-electron chi connectivity index (χ1n) is 7.93. The lowest BCUT2D eigenvalue weighted by Gasteiger charge is -2.05. The number of aliphatic imine (C=N–C) groups is 2. The van der Waals surface area contributed by atoms with Gasteiger partial charge in [-0.2, -0.15) is 9.98 Å². The smallest absolute Gasteiger partial charge is 0.129 e. The maximum Gasteiger partial charge on any atom is 0.129 e. The van der Waals surface area contributed by atoms with Gasteiger partial charge in [-0.1, -0.05) is 25.6 Å². The molecule has 0 saturated carbocycles. The van der Waals surface area contributed by atoms with Crippen LogP contribution in [0.5, 0.6) is 11.5 Å². The van der Waals surface area contributed by atoms with Crippen LogP contribution < -0.4 is 9.47 Å². The maximum atomic E-state index is 5.28. The maximum absolute atomic E-state index is 5.28.